The number of nitrogens with one attached hydrogen (secondary N) is 3. The number of amides is 1. The molecule has 9 rings (SSSR count). The van der Waals surface area contributed by atoms with Crippen LogP contribution >= 0.6 is 11.6 Å². The summed E-state index contributed by atoms with van der Waals surface area (Å²) in [5.74, 6) is -0.668. The second-order valence-corrected chi connectivity index (χ2v) is 20.8. The second-order valence-electron chi connectivity index (χ2n) is 18.7. The first-order valence-electron chi connectivity index (χ1n) is 22.6. The number of halogens is 4. The molecule has 68 heavy (non-hydrogen) atoms. The van der Waals surface area contributed by atoms with Crippen molar-refractivity contribution in [2.75, 3.05) is 69.2 Å². The van der Waals surface area contributed by atoms with E-state index in [1.807, 2.05) is 6.07 Å². The Balaban J connectivity index is 0.916. The number of hydrogen-bond donors (Lipinski definition) is 3. The Morgan fingerprint density at radius 1 is 1.04 bits per heavy atom. The maximum Gasteiger partial charge on any atom is 0.416 e. The summed E-state index contributed by atoms with van der Waals surface area (Å²) in [4.78, 5) is 39.3. The molecule has 360 valence electrons. The highest BCUT2D eigenvalue weighted by Gasteiger charge is 2.35. The van der Waals surface area contributed by atoms with Gasteiger partial charge in [0.25, 0.3) is 21.6 Å². The number of H-pyrrole nitrogens is 1. The molecule has 0 radical (unpaired) electrons. The maximum atomic E-state index is 14.0. The van der Waals surface area contributed by atoms with E-state index < -0.39 is 43.2 Å². The summed E-state index contributed by atoms with van der Waals surface area (Å²) < 4.78 is 82.3. The number of carbonyl (C=O) groups excluding carboxylic acids is 1. The molecule has 2 saturated heterocycles. The van der Waals surface area contributed by atoms with Crippen LogP contribution in [0.5, 0.6) is 11.5 Å². The van der Waals surface area contributed by atoms with Gasteiger partial charge in [-0.05, 0) is 97.2 Å². The smallest absolute Gasteiger partial charge is 0.416 e. The summed E-state index contributed by atoms with van der Waals surface area (Å²) in [6.07, 6.45) is 3.21. The Labute approximate surface area is 396 Å². The molecule has 2 aliphatic heterocycles. The minimum Gasteiger partial charge on any atom is -0.455 e. The number of anilines is 2. The minimum atomic E-state index is -4.63. The van der Waals surface area contributed by atoms with E-state index >= 15 is 0 Å². The van der Waals surface area contributed by atoms with E-state index in [-0.39, 0.29) is 40.1 Å². The van der Waals surface area contributed by atoms with Crippen molar-refractivity contribution in [2.45, 2.75) is 69.2 Å². The molecule has 2 aromatic heterocycles. The van der Waals surface area contributed by atoms with Crippen molar-refractivity contribution in [1.82, 2.24) is 24.5 Å². The van der Waals surface area contributed by atoms with Crippen molar-refractivity contribution < 1.29 is 40.8 Å². The third-order valence-electron chi connectivity index (χ3n) is 13.2. The summed E-state index contributed by atoms with van der Waals surface area (Å²) in [7, 11) is -4.63. The number of rotatable bonds is 14. The van der Waals surface area contributed by atoms with Gasteiger partial charge >= 0.3 is 6.18 Å². The Morgan fingerprint density at radius 2 is 1.84 bits per heavy atom. The molecule has 15 nitrogen and oxygen atoms in total. The number of ether oxygens (including phenoxy) is 2. The molecule has 1 amide bonds. The number of sulfonamides is 1. The highest BCUT2D eigenvalue weighted by molar-refractivity contribution is 7.90. The number of morpholine rings is 1. The van der Waals surface area contributed by atoms with E-state index in [0.29, 0.717) is 81.0 Å². The Kier molecular flexibility index (Phi) is 13.2. The second kappa shape index (κ2) is 19.0. The van der Waals surface area contributed by atoms with Crippen LogP contribution in [0.25, 0.3) is 16.6 Å². The average Bonchev–Trinajstić information content (AvgIpc) is 4.05. The Morgan fingerprint density at radius 3 is 2.57 bits per heavy atom. The van der Waals surface area contributed by atoms with Crippen molar-refractivity contribution >= 4 is 61.2 Å². The summed E-state index contributed by atoms with van der Waals surface area (Å²) in [5, 5.41) is 16.1. The van der Waals surface area contributed by atoms with Gasteiger partial charge in [0, 0.05) is 92.8 Å². The predicted molar refractivity (Wildman–Crippen MR) is 253 cm³/mol. The Bertz CT molecular complexity index is 2880. The van der Waals surface area contributed by atoms with Gasteiger partial charge in [0.05, 0.1) is 39.9 Å². The van der Waals surface area contributed by atoms with Crippen LogP contribution in [0.4, 0.5) is 30.2 Å². The molecule has 1 unspecified atom stereocenters. The fourth-order valence-electron chi connectivity index (χ4n) is 9.32. The van der Waals surface area contributed by atoms with Gasteiger partial charge < -0.3 is 24.7 Å². The summed E-state index contributed by atoms with van der Waals surface area (Å²) in [6.45, 7) is 9.79. The zero-order valence-corrected chi connectivity index (χ0v) is 39.1. The van der Waals surface area contributed by atoms with Crippen molar-refractivity contribution in [2.24, 2.45) is 5.41 Å². The van der Waals surface area contributed by atoms with Gasteiger partial charge in [-0.2, -0.15) is 13.2 Å². The highest BCUT2D eigenvalue weighted by atomic mass is 35.5. The maximum absolute atomic E-state index is 14.0. The number of alkyl halides is 3. The molecule has 4 heterocycles. The summed E-state index contributed by atoms with van der Waals surface area (Å²) >= 11 is 6.54. The molecule has 1 saturated carbocycles. The molecule has 0 bridgehead atoms. The number of piperazine rings is 1. The van der Waals surface area contributed by atoms with Crippen LogP contribution in [0.3, 0.4) is 0 Å². The van der Waals surface area contributed by atoms with E-state index in [9.17, 15) is 36.5 Å². The van der Waals surface area contributed by atoms with Gasteiger partial charge in [-0.3, -0.25) is 24.7 Å². The monoisotopic (exact) mass is 976 g/mol. The van der Waals surface area contributed by atoms with Gasteiger partial charge in [0.2, 0.25) is 0 Å². The third kappa shape index (κ3) is 10.8. The predicted octanol–water partition coefficient (Wildman–Crippen LogP) is 9.12. The number of nitro groups is 1. The molecule has 3 aromatic carbocycles. The standard InChI is InChI=1S/C48H52ClF3N8O7S/c1-47(2)13-11-31(40(25-47)38-8-3-32(22-41(38)49)48(50,51)52)28-57-15-17-58(18-16-57)34-6-9-39(44(23-34)67-35-21-30-12-14-53-45(30)55-26-35)46(61)56-68(64,65)37-7-10-42(43(24-37)60(62)63)54-27-36-29-59(19-20-66-36)33-4-5-33/h3,6-10,12,14,21-24,26,33,36,54H,4-5,11,13,15-20,25,27-29H2,1-2H3,(H,53,55)(H,56,61). The number of hydrogen-bond acceptors (Lipinski definition) is 12. The number of aromatic amines is 1. The van der Waals surface area contributed by atoms with Crippen LogP contribution in [0.1, 0.15) is 67.4 Å². The van der Waals surface area contributed by atoms with Crippen LogP contribution < -0.4 is 19.7 Å². The van der Waals surface area contributed by atoms with E-state index in [4.69, 9.17) is 21.1 Å². The first-order chi connectivity index (χ1) is 32.4. The first kappa shape index (κ1) is 47.3. The molecule has 3 N–H and O–H groups in total. The number of aromatic nitrogens is 2. The van der Waals surface area contributed by atoms with Crippen LogP contribution in [-0.4, -0.2) is 110 Å². The van der Waals surface area contributed by atoms with E-state index in [1.165, 1.54) is 30.5 Å². The first-order valence-corrected chi connectivity index (χ1v) is 24.5. The topological polar surface area (TPSA) is 175 Å². The lowest BCUT2D eigenvalue weighted by Crippen LogP contribution is -2.47. The fourth-order valence-corrected chi connectivity index (χ4v) is 10.6. The van der Waals surface area contributed by atoms with Crippen LogP contribution in [0.15, 0.2) is 89.6 Å². The van der Waals surface area contributed by atoms with Crippen LogP contribution in [0, 0.1) is 15.5 Å². The fraction of sp³-hybridized carbons (Fsp3) is 0.417. The normalized spacial score (nSPS) is 19.6. The molecule has 3 fully saturated rings. The van der Waals surface area contributed by atoms with Gasteiger partial charge in [0.15, 0.2) is 0 Å². The lowest BCUT2D eigenvalue weighted by atomic mass is 9.72. The van der Waals surface area contributed by atoms with Crippen molar-refractivity contribution in [3.8, 4) is 11.5 Å². The minimum absolute atomic E-state index is 0.0491. The highest BCUT2D eigenvalue weighted by Crippen LogP contribution is 2.46. The van der Waals surface area contributed by atoms with Crippen molar-refractivity contribution in [1.29, 1.82) is 0 Å². The largest absolute Gasteiger partial charge is 0.455 e. The van der Waals surface area contributed by atoms with Gasteiger partial charge in [-0.1, -0.05) is 37.1 Å². The summed E-state index contributed by atoms with van der Waals surface area (Å²) in [6, 6.07) is 16.0. The van der Waals surface area contributed by atoms with Gasteiger partial charge in [-0.15, -0.1) is 0 Å². The quantitative estimate of drug-likeness (QED) is 0.0712. The zero-order valence-electron chi connectivity index (χ0n) is 37.6. The van der Waals surface area contributed by atoms with E-state index in [2.05, 4.69) is 48.6 Å². The van der Waals surface area contributed by atoms with E-state index in [1.54, 1.807) is 24.4 Å². The number of nitrogens with zero attached hydrogens (tertiary/aromatic N) is 5. The van der Waals surface area contributed by atoms with Gasteiger partial charge in [-0.25, -0.2) is 18.1 Å². The number of allylic oxidation sites excluding steroid dienone is 1. The third-order valence-corrected chi connectivity index (χ3v) is 14.9. The zero-order chi connectivity index (χ0) is 48.0. The molecule has 2 aliphatic carbocycles. The van der Waals surface area contributed by atoms with E-state index in [0.717, 1.165) is 67.0 Å². The molecule has 1 atom stereocenters. The van der Waals surface area contributed by atoms with Crippen molar-refractivity contribution in [3.05, 3.63) is 117 Å². The molecular weight excluding hydrogens is 925 g/mol. The number of nitro benzene ring substituents is 1. The van der Waals surface area contributed by atoms with Crippen LogP contribution in [0.2, 0.25) is 5.02 Å². The van der Waals surface area contributed by atoms with Gasteiger partial charge in [0.1, 0.15) is 22.8 Å². The molecule has 4 aliphatic rings. The molecular formula is C48H52ClF3N8O7S. The number of benzene rings is 3. The lowest BCUT2D eigenvalue weighted by Gasteiger charge is -2.39. The molecule has 0 spiro atoms. The molecule has 5 aromatic rings. The number of pyridine rings is 1. The average molecular weight is 978 g/mol. The number of fused-ring (bicyclic) bond motifs is 1. The SMILES string of the molecule is CC1(C)CCC(CN2CCN(c3ccc(C(=O)NS(=O)(=O)c4ccc(NCC5CN(C6CC6)CCO5)c([N+](=O)[O-])c4)c(Oc4cnc5[nH]ccc5c4)c3)CC2)=C(c2ccc(C(F)(F)F)cc2Cl)C1. The summed E-state index contributed by atoms with van der Waals surface area (Å²) in [5.41, 5.74) is 2.81. The Hall–Kier alpha value is -5.73. The number of carbonyl (C=O) groups is 1. The lowest BCUT2D eigenvalue weighted by molar-refractivity contribution is -0.384. The molecule has 20 heteroatoms. The van der Waals surface area contributed by atoms with Crippen LogP contribution in [-0.2, 0) is 20.9 Å². The van der Waals surface area contributed by atoms with Crippen molar-refractivity contribution in [3.63, 3.8) is 0 Å².